The van der Waals surface area contributed by atoms with E-state index in [9.17, 15) is 8.42 Å². The standard InChI is InChI=1S/C8H9ClO4S/c1-12-6-3-4-7(13-2)8(5-6)14(9,10)11/h3-5H,1-2H3/i1D3,2D3. The third-order valence-corrected chi connectivity index (χ3v) is 2.75. The second-order valence-electron chi connectivity index (χ2n) is 2.25. The van der Waals surface area contributed by atoms with Crippen LogP contribution in [0.5, 0.6) is 11.5 Å². The maximum absolute atomic E-state index is 11.4. The highest BCUT2D eigenvalue weighted by Gasteiger charge is 2.17. The monoisotopic (exact) mass is 242 g/mol. The van der Waals surface area contributed by atoms with Crippen LogP contribution < -0.4 is 9.47 Å². The van der Waals surface area contributed by atoms with Crippen molar-refractivity contribution < 1.29 is 26.1 Å². The molecule has 1 rings (SSSR count). The maximum Gasteiger partial charge on any atom is 0.265 e. The number of rotatable bonds is 3. The molecule has 0 aromatic heterocycles. The summed E-state index contributed by atoms with van der Waals surface area (Å²) in [7, 11) is -4.88. The fourth-order valence-electron chi connectivity index (χ4n) is 0.827. The normalized spacial score (nSPS) is 19.2. The molecule has 0 bridgehead atoms. The summed E-state index contributed by atoms with van der Waals surface area (Å²) < 4.78 is 73.2. The Labute approximate surface area is 95.3 Å². The molecule has 0 amide bonds. The SMILES string of the molecule is [2H]C([2H])([2H])Oc1ccc(OC([2H])([2H])[2H])c(S(=O)(=O)Cl)c1. The van der Waals surface area contributed by atoms with Gasteiger partial charge in [-0.3, -0.25) is 0 Å². The zero-order valence-electron chi connectivity index (χ0n) is 12.7. The van der Waals surface area contributed by atoms with Crippen molar-refractivity contribution >= 4 is 19.7 Å². The minimum Gasteiger partial charge on any atom is -0.497 e. The Balaban J connectivity index is 3.28. The van der Waals surface area contributed by atoms with Gasteiger partial charge in [0.2, 0.25) is 0 Å². The molecule has 0 saturated carbocycles. The van der Waals surface area contributed by atoms with E-state index >= 15 is 0 Å². The summed E-state index contributed by atoms with van der Waals surface area (Å²) >= 11 is 0. The van der Waals surface area contributed by atoms with Crippen LogP contribution in [0.25, 0.3) is 0 Å². The van der Waals surface area contributed by atoms with E-state index in [4.69, 9.17) is 18.9 Å². The fourth-order valence-corrected chi connectivity index (χ4v) is 1.80. The largest absolute Gasteiger partial charge is 0.497 e. The van der Waals surface area contributed by atoms with E-state index in [0.29, 0.717) is 0 Å². The highest BCUT2D eigenvalue weighted by Crippen LogP contribution is 2.30. The number of hydrogen-bond donors (Lipinski definition) is 0. The quantitative estimate of drug-likeness (QED) is 0.756. The summed E-state index contributed by atoms with van der Waals surface area (Å²) in [5, 5.41) is 0. The molecule has 6 heteroatoms. The minimum atomic E-state index is -4.35. The van der Waals surface area contributed by atoms with Crippen LogP contribution in [0.4, 0.5) is 0 Å². The van der Waals surface area contributed by atoms with Crippen LogP contribution >= 0.6 is 10.7 Å². The molecule has 4 nitrogen and oxygen atoms in total. The summed E-state index contributed by atoms with van der Waals surface area (Å²) in [6.07, 6.45) is 0. The average Bonchev–Trinajstić information content (AvgIpc) is 2.14. The zero-order chi connectivity index (χ0) is 15.8. The molecule has 78 valence electrons. The van der Waals surface area contributed by atoms with Crippen molar-refractivity contribution in [3.8, 4) is 11.5 Å². The van der Waals surface area contributed by atoms with Gasteiger partial charge in [0.15, 0.2) is 0 Å². The molecule has 1 aromatic rings. The van der Waals surface area contributed by atoms with E-state index in [0.717, 1.165) is 18.2 Å². The Morgan fingerprint density at radius 3 is 2.64 bits per heavy atom. The second-order valence-corrected chi connectivity index (χ2v) is 4.78. The molecule has 0 aliphatic carbocycles. The lowest BCUT2D eigenvalue weighted by atomic mass is 10.3. The summed E-state index contributed by atoms with van der Waals surface area (Å²) in [4.78, 5) is -0.697. The Bertz CT molecular complexity index is 594. The van der Waals surface area contributed by atoms with Gasteiger partial charge in [-0.15, -0.1) is 0 Å². The summed E-state index contributed by atoms with van der Waals surface area (Å²) in [5.74, 6) is -0.847. The van der Waals surface area contributed by atoms with E-state index in [1.54, 1.807) is 0 Å². The third-order valence-electron chi connectivity index (χ3n) is 1.41. The molecule has 0 spiro atoms. The van der Waals surface area contributed by atoms with Gasteiger partial charge < -0.3 is 9.47 Å². The maximum atomic E-state index is 11.4. The van der Waals surface area contributed by atoms with Crippen molar-refractivity contribution in [1.82, 2.24) is 0 Å². The number of benzene rings is 1. The molecule has 0 saturated heterocycles. The van der Waals surface area contributed by atoms with Crippen molar-refractivity contribution in [3.05, 3.63) is 18.2 Å². The highest BCUT2D eigenvalue weighted by atomic mass is 35.7. The van der Waals surface area contributed by atoms with Crippen LogP contribution in [0.2, 0.25) is 0 Å². The number of halogens is 1. The molecule has 0 atom stereocenters. The lowest BCUT2D eigenvalue weighted by Gasteiger charge is -2.07. The summed E-state index contributed by atoms with van der Waals surface area (Å²) in [5.41, 5.74) is 0. The first-order valence-electron chi connectivity index (χ1n) is 6.25. The summed E-state index contributed by atoms with van der Waals surface area (Å²) in [6.45, 7) is 0. The van der Waals surface area contributed by atoms with E-state index in [-0.39, 0.29) is 5.75 Å². The van der Waals surface area contributed by atoms with Gasteiger partial charge in [-0.25, -0.2) is 8.42 Å². The number of methoxy groups -OCH3 is 2. The van der Waals surface area contributed by atoms with Crippen molar-refractivity contribution in [3.63, 3.8) is 0 Å². The van der Waals surface area contributed by atoms with E-state index in [1.807, 2.05) is 0 Å². The lowest BCUT2D eigenvalue weighted by Crippen LogP contribution is -1.96. The van der Waals surface area contributed by atoms with Crippen LogP contribution in [0, 0.1) is 0 Å². The van der Waals surface area contributed by atoms with Crippen LogP contribution in [0.15, 0.2) is 23.1 Å². The smallest absolute Gasteiger partial charge is 0.265 e. The van der Waals surface area contributed by atoms with Gasteiger partial charge in [-0.2, -0.15) is 0 Å². The van der Waals surface area contributed by atoms with Crippen molar-refractivity contribution in [2.75, 3.05) is 14.1 Å². The topological polar surface area (TPSA) is 52.6 Å². The van der Waals surface area contributed by atoms with Crippen molar-refractivity contribution in [1.29, 1.82) is 0 Å². The Hall–Kier alpha value is -0.940. The van der Waals surface area contributed by atoms with Gasteiger partial charge in [0, 0.05) is 16.7 Å². The molecule has 0 heterocycles. The predicted molar refractivity (Wildman–Crippen MR) is 52.6 cm³/mol. The van der Waals surface area contributed by atoms with Gasteiger partial charge >= 0.3 is 0 Å². The van der Waals surface area contributed by atoms with Gasteiger partial charge in [0.25, 0.3) is 9.05 Å². The fraction of sp³-hybridized carbons (Fsp3) is 0.250. The molecule has 0 fully saturated rings. The highest BCUT2D eigenvalue weighted by molar-refractivity contribution is 8.13. The molecule has 0 unspecified atom stereocenters. The second kappa shape index (κ2) is 4.06. The van der Waals surface area contributed by atoms with Crippen LogP contribution in [0.3, 0.4) is 0 Å². The molecule has 0 radical (unpaired) electrons. The van der Waals surface area contributed by atoms with Gasteiger partial charge in [-0.1, -0.05) is 0 Å². The number of ether oxygens (including phenoxy) is 2. The first-order valence-corrected chi connectivity index (χ1v) is 5.56. The first-order chi connectivity index (χ1) is 8.78. The van der Waals surface area contributed by atoms with E-state index in [1.165, 1.54) is 0 Å². The van der Waals surface area contributed by atoms with Crippen LogP contribution in [0.1, 0.15) is 8.22 Å². The average molecular weight is 243 g/mol. The molecule has 0 aliphatic heterocycles. The Kier molecular flexibility index (Phi) is 1.52. The molecule has 0 aliphatic rings. The van der Waals surface area contributed by atoms with Crippen LogP contribution in [-0.2, 0) is 9.05 Å². The third kappa shape index (κ3) is 2.30. The van der Waals surface area contributed by atoms with Crippen molar-refractivity contribution in [2.24, 2.45) is 0 Å². The molecule has 1 aromatic carbocycles. The number of hydrogen-bond acceptors (Lipinski definition) is 4. The van der Waals surface area contributed by atoms with E-state index in [2.05, 4.69) is 9.47 Å². The first kappa shape index (κ1) is 5.23. The van der Waals surface area contributed by atoms with Gasteiger partial charge in [0.1, 0.15) is 16.4 Å². The Morgan fingerprint density at radius 1 is 1.36 bits per heavy atom. The van der Waals surface area contributed by atoms with Gasteiger partial charge in [0.05, 0.1) is 22.3 Å². The molecular formula is C8H9ClO4S. The van der Waals surface area contributed by atoms with Crippen LogP contribution in [-0.4, -0.2) is 22.5 Å². The van der Waals surface area contributed by atoms with Gasteiger partial charge in [-0.05, 0) is 12.1 Å². The molecule has 14 heavy (non-hydrogen) atoms. The zero-order valence-corrected chi connectivity index (χ0v) is 8.22. The molecular weight excluding hydrogens is 228 g/mol. The molecule has 0 N–H and O–H groups in total. The van der Waals surface area contributed by atoms with Crippen molar-refractivity contribution in [2.45, 2.75) is 4.90 Å². The Morgan fingerprint density at radius 2 is 2.07 bits per heavy atom. The van der Waals surface area contributed by atoms with E-state index < -0.39 is 33.8 Å². The minimum absolute atomic E-state index is 0.317. The predicted octanol–water partition coefficient (Wildman–Crippen LogP) is 1.63. The lowest BCUT2D eigenvalue weighted by molar-refractivity contribution is 0.392. The summed E-state index contributed by atoms with van der Waals surface area (Å²) in [6, 6.07) is 2.78.